The summed E-state index contributed by atoms with van der Waals surface area (Å²) in [6.07, 6.45) is 0. The quantitative estimate of drug-likeness (QED) is 0.274. The smallest absolute Gasteiger partial charge is 0.344 e. The zero-order valence-corrected chi connectivity index (χ0v) is 7.39. The van der Waals surface area contributed by atoms with Gasteiger partial charge in [-0.25, -0.2) is 0 Å². The van der Waals surface area contributed by atoms with E-state index in [0.29, 0.717) is 6.54 Å². The van der Waals surface area contributed by atoms with Crippen LogP contribution in [0.1, 0.15) is 0 Å². The molecule has 0 aromatic carbocycles. The van der Waals surface area contributed by atoms with Crippen LogP contribution in [0.25, 0.3) is 0 Å². The standard InChI is InChI=1S/C2H8NO4P.C2H7NO/c3-2(1-4)8(5,6)7;3-1-2-4/h2,4H,1,3H2,(H2,5,6,7);4H,1-3H2. The van der Waals surface area contributed by atoms with Gasteiger partial charge in [0.2, 0.25) is 0 Å². The molecule has 0 radical (unpaired) electrons. The van der Waals surface area contributed by atoms with Crippen LogP contribution in [0.15, 0.2) is 0 Å². The van der Waals surface area contributed by atoms with E-state index in [4.69, 9.17) is 31.5 Å². The highest BCUT2D eigenvalue weighted by Crippen LogP contribution is 2.37. The Bertz CT molecular complexity index is 135. The first-order valence-electron chi connectivity index (χ1n) is 3.12. The summed E-state index contributed by atoms with van der Waals surface area (Å²) in [4.78, 5) is 16.2. The van der Waals surface area contributed by atoms with Crippen molar-refractivity contribution in [3.05, 3.63) is 0 Å². The third kappa shape index (κ3) is 9.99. The maximum absolute atomic E-state index is 9.97. The minimum atomic E-state index is -4.23. The number of nitrogens with two attached hydrogens (primary N) is 2. The van der Waals surface area contributed by atoms with Gasteiger partial charge in [0, 0.05) is 6.54 Å². The van der Waals surface area contributed by atoms with Gasteiger partial charge in [-0.2, -0.15) is 0 Å². The normalized spacial score (nSPS) is 13.2. The molecule has 7 nitrogen and oxygen atoms in total. The molecule has 76 valence electrons. The lowest BCUT2D eigenvalue weighted by Crippen LogP contribution is -2.23. The molecule has 0 aliphatic heterocycles. The Morgan fingerprint density at radius 1 is 1.33 bits per heavy atom. The van der Waals surface area contributed by atoms with Gasteiger partial charge in [-0.05, 0) is 0 Å². The van der Waals surface area contributed by atoms with Crippen molar-refractivity contribution in [3.63, 3.8) is 0 Å². The van der Waals surface area contributed by atoms with E-state index in [0.717, 1.165) is 0 Å². The van der Waals surface area contributed by atoms with Gasteiger partial charge in [0.05, 0.1) is 13.2 Å². The fourth-order valence-corrected chi connectivity index (χ4v) is 0.319. The molecule has 0 saturated carbocycles. The lowest BCUT2D eigenvalue weighted by molar-refractivity contribution is 0.267. The van der Waals surface area contributed by atoms with Crippen molar-refractivity contribution in [1.29, 1.82) is 0 Å². The van der Waals surface area contributed by atoms with Crippen molar-refractivity contribution >= 4 is 7.60 Å². The van der Waals surface area contributed by atoms with E-state index in [1.54, 1.807) is 0 Å². The van der Waals surface area contributed by atoms with Crippen LogP contribution >= 0.6 is 7.60 Å². The molecule has 0 saturated heterocycles. The Labute approximate surface area is 70.2 Å². The molecule has 0 heterocycles. The van der Waals surface area contributed by atoms with Gasteiger partial charge in [-0.3, -0.25) is 4.57 Å². The second-order valence-electron chi connectivity index (χ2n) is 1.85. The maximum atomic E-state index is 9.97. The van der Waals surface area contributed by atoms with Crippen LogP contribution in [0.5, 0.6) is 0 Å². The maximum Gasteiger partial charge on any atom is 0.344 e. The molecule has 0 spiro atoms. The first-order valence-corrected chi connectivity index (χ1v) is 4.80. The van der Waals surface area contributed by atoms with E-state index in [9.17, 15) is 4.57 Å². The summed E-state index contributed by atoms with van der Waals surface area (Å²) >= 11 is 0. The molecule has 0 rings (SSSR count). The van der Waals surface area contributed by atoms with E-state index in [1.807, 2.05) is 0 Å². The van der Waals surface area contributed by atoms with Crippen LogP contribution in [0.4, 0.5) is 0 Å². The fraction of sp³-hybridized carbons (Fsp3) is 1.00. The Morgan fingerprint density at radius 3 is 1.67 bits per heavy atom. The molecule has 0 aromatic rings. The highest BCUT2D eigenvalue weighted by molar-refractivity contribution is 7.52. The lowest BCUT2D eigenvalue weighted by Gasteiger charge is -2.08. The molecule has 8 N–H and O–H groups in total. The Hall–Kier alpha value is -0.0100. The number of hydrogen-bond acceptors (Lipinski definition) is 5. The van der Waals surface area contributed by atoms with Crippen LogP contribution in [-0.4, -0.2) is 45.5 Å². The summed E-state index contributed by atoms with van der Waals surface area (Å²) in [7, 11) is -4.23. The van der Waals surface area contributed by atoms with Crippen molar-refractivity contribution in [2.24, 2.45) is 11.5 Å². The Balaban J connectivity index is 0. The third-order valence-electron chi connectivity index (χ3n) is 0.748. The molecule has 1 unspecified atom stereocenters. The van der Waals surface area contributed by atoms with Crippen LogP contribution in [-0.2, 0) is 4.57 Å². The molecule has 0 aliphatic rings. The van der Waals surface area contributed by atoms with E-state index in [2.05, 4.69) is 0 Å². The summed E-state index contributed by atoms with van der Waals surface area (Å²) in [5, 5.41) is 15.8. The van der Waals surface area contributed by atoms with Crippen molar-refractivity contribution in [1.82, 2.24) is 0 Å². The van der Waals surface area contributed by atoms with Crippen molar-refractivity contribution in [2.75, 3.05) is 19.8 Å². The predicted molar refractivity (Wildman–Crippen MR) is 43.2 cm³/mol. The monoisotopic (exact) mass is 202 g/mol. The van der Waals surface area contributed by atoms with Gasteiger partial charge in [0.25, 0.3) is 0 Å². The summed E-state index contributed by atoms with van der Waals surface area (Å²) in [6, 6.07) is 0. The molecule has 0 fully saturated rings. The summed E-state index contributed by atoms with van der Waals surface area (Å²) in [6.45, 7) is -0.218. The van der Waals surface area contributed by atoms with Gasteiger partial charge in [-0.15, -0.1) is 0 Å². The first kappa shape index (κ1) is 14.5. The van der Waals surface area contributed by atoms with Gasteiger partial charge in [0.1, 0.15) is 5.78 Å². The molecule has 0 aliphatic carbocycles. The molecule has 12 heavy (non-hydrogen) atoms. The largest absolute Gasteiger partial charge is 0.395 e. The van der Waals surface area contributed by atoms with Gasteiger partial charge >= 0.3 is 7.60 Å². The second-order valence-corrected chi connectivity index (χ2v) is 3.69. The van der Waals surface area contributed by atoms with Crippen molar-refractivity contribution < 1.29 is 24.6 Å². The molecule has 8 heteroatoms. The van der Waals surface area contributed by atoms with Gasteiger partial charge in [-0.1, -0.05) is 0 Å². The predicted octanol–water partition coefficient (Wildman–Crippen LogP) is -2.62. The number of aliphatic hydroxyl groups is 2. The van der Waals surface area contributed by atoms with Gasteiger partial charge < -0.3 is 31.5 Å². The fourth-order valence-electron chi connectivity index (χ4n) is 0.106. The number of hydrogen-bond donors (Lipinski definition) is 6. The number of aliphatic hydroxyl groups excluding tert-OH is 2. The zero-order chi connectivity index (χ0) is 10.2. The van der Waals surface area contributed by atoms with E-state index in [-0.39, 0.29) is 6.61 Å². The highest BCUT2D eigenvalue weighted by Gasteiger charge is 2.22. The minimum Gasteiger partial charge on any atom is -0.395 e. The van der Waals surface area contributed by atoms with Crippen LogP contribution in [0.2, 0.25) is 0 Å². The van der Waals surface area contributed by atoms with Crippen LogP contribution in [0.3, 0.4) is 0 Å². The summed E-state index contributed by atoms with van der Waals surface area (Å²) in [5.41, 5.74) is 9.51. The Kier molecular flexibility index (Phi) is 9.23. The third-order valence-corrected chi connectivity index (χ3v) is 1.78. The van der Waals surface area contributed by atoms with Crippen LogP contribution < -0.4 is 11.5 Å². The van der Waals surface area contributed by atoms with Crippen LogP contribution in [0, 0.1) is 0 Å². The molecular formula is C4H15N2O5P. The highest BCUT2D eigenvalue weighted by atomic mass is 31.2. The summed E-state index contributed by atoms with van der Waals surface area (Å²) in [5.74, 6) is -1.43. The van der Waals surface area contributed by atoms with E-state index in [1.165, 1.54) is 0 Å². The second kappa shape index (κ2) is 7.63. The zero-order valence-electron chi connectivity index (χ0n) is 6.50. The topological polar surface area (TPSA) is 150 Å². The number of rotatable bonds is 3. The van der Waals surface area contributed by atoms with E-state index < -0.39 is 20.0 Å². The molecule has 0 aromatic heterocycles. The molecule has 0 amide bonds. The minimum absolute atomic E-state index is 0.0972. The lowest BCUT2D eigenvalue weighted by atomic mass is 10.7. The van der Waals surface area contributed by atoms with Gasteiger partial charge in [0.15, 0.2) is 0 Å². The molecular weight excluding hydrogens is 187 g/mol. The van der Waals surface area contributed by atoms with Crippen molar-refractivity contribution in [3.8, 4) is 0 Å². The SMILES string of the molecule is NC(CO)P(=O)(O)O.NCCO. The first-order chi connectivity index (χ1) is 5.40. The molecule has 1 atom stereocenters. The average Bonchev–Trinajstić information content (AvgIpc) is 2.02. The van der Waals surface area contributed by atoms with Crippen molar-refractivity contribution in [2.45, 2.75) is 5.78 Å². The average molecular weight is 202 g/mol. The van der Waals surface area contributed by atoms with E-state index >= 15 is 0 Å². The summed E-state index contributed by atoms with van der Waals surface area (Å²) < 4.78 is 9.97. The Morgan fingerprint density at radius 2 is 1.67 bits per heavy atom. The molecule has 0 bridgehead atoms.